The van der Waals surface area contributed by atoms with Crippen LogP contribution in [0.5, 0.6) is 23.0 Å². The molecule has 0 radical (unpaired) electrons. The molecule has 0 fully saturated rings. The van der Waals surface area contributed by atoms with Crippen LogP contribution in [0.2, 0.25) is 0 Å². The SMILES string of the molecule is CCCc1cccc(Oc2cc(O)ccc2O)c1CCC. The molecule has 0 atom stereocenters. The number of hydrogen-bond acceptors (Lipinski definition) is 3. The number of phenolic OH excluding ortho intramolecular Hbond substituents is 2. The van der Waals surface area contributed by atoms with Gasteiger partial charge in [0.2, 0.25) is 0 Å². The molecule has 3 heteroatoms. The zero-order chi connectivity index (χ0) is 15.2. The summed E-state index contributed by atoms with van der Waals surface area (Å²) >= 11 is 0. The molecule has 0 amide bonds. The largest absolute Gasteiger partial charge is 0.508 e. The zero-order valence-electron chi connectivity index (χ0n) is 12.6. The van der Waals surface area contributed by atoms with Gasteiger partial charge in [-0.15, -0.1) is 0 Å². The first-order valence-corrected chi connectivity index (χ1v) is 7.46. The van der Waals surface area contributed by atoms with Crippen molar-refractivity contribution < 1.29 is 14.9 Å². The van der Waals surface area contributed by atoms with Crippen LogP contribution >= 0.6 is 0 Å². The summed E-state index contributed by atoms with van der Waals surface area (Å²) in [7, 11) is 0. The maximum absolute atomic E-state index is 9.85. The van der Waals surface area contributed by atoms with Crippen molar-refractivity contribution in [2.45, 2.75) is 39.5 Å². The second kappa shape index (κ2) is 7.02. The van der Waals surface area contributed by atoms with E-state index in [9.17, 15) is 10.2 Å². The van der Waals surface area contributed by atoms with E-state index in [0.717, 1.165) is 31.4 Å². The lowest BCUT2D eigenvalue weighted by molar-refractivity contribution is 0.401. The van der Waals surface area contributed by atoms with Crippen molar-refractivity contribution in [2.75, 3.05) is 0 Å². The summed E-state index contributed by atoms with van der Waals surface area (Å²) in [5.41, 5.74) is 2.47. The van der Waals surface area contributed by atoms with Crippen LogP contribution in [0.15, 0.2) is 36.4 Å². The summed E-state index contributed by atoms with van der Waals surface area (Å²) in [5.74, 6) is 1.13. The van der Waals surface area contributed by atoms with E-state index >= 15 is 0 Å². The highest BCUT2D eigenvalue weighted by Crippen LogP contribution is 2.36. The molecule has 2 N–H and O–H groups in total. The summed E-state index contributed by atoms with van der Waals surface area (Å²) in [6.07, 6.45) is 4.06. The molecule has 0 saturated carbocycles. The lowest BCUT2D eigenvalue weighted by atomic mass is 9.98. The van der Waals surface area contributed by atoms with Gasteiger partial charge in [0, 0.05) is 6.07 Å². The Hall–Kier alpha value is -2.16. The standard InChI is InChI=1S/C18H22O3/c1-3-6-13-8-5-9-17(15(13)7-4-2)21-18-12-14(19)10-11-16(18)20/h5,8-12,19-20H,3-4,6-7H2,1-2H3. The van der Waals surface area contributed by atoms with Crippen molar-refractivity contribution in [2.24, 2.45) is 0 Å². The average molecular weight is 286 g/mol. The van der Waals surface area contributed by atoms with Gasteiger partial charge in [-0.2, -0.15) is 0 Å². The number of hydrogen-bond donors (Lipinski definition) is 2. The van der Waals surface area contributed by atoms with Gasteiger partial charge in [0.15, 0.2) is 11.5 Å². The molecule has 0 saturated heterocycles. The summed E-state index contributed by atoms with van der Waals surface area (Å²) in [5, 5.41) is 19.4. The van der Waals surface area contributed by atoms with Crippen LogP contribution in [0, 0.1) is 0 Å². The van der Waals surface area contributed by atoms with Gasteiger partial charge in [-0.1, -0.05) is 38.8 Å². The highest BCUT2D eigenvalue weighted by Gasteiger charge is 2.12. The predicted molar refractivity (Wildman–Crippen MR) is 84.3 cm³/mol. The summed E-state index contributed by atoms with van der Waals surface area (Å²) in [4.78, 5) is 0. The fourth-order valence-electron chi connectivity index (χ4n) is 2.45. The highest BCUT2D eigenvalue weighted by atomic mass is 16.5. The quantitative estimate of drug-likeness (QED) is 0.750. The summed E-state index contributed by atoms with van der Waals surface area (Å²) in [6, 6.07) is 10.3. The Balaban J connectivity index is 2.38. The van der Waals surface area contributed by atoms with Crippen molar-refractivity contribution in [3.63, 3.8) is 0 Å². The molecule has 2 aromatic rings. The maximum atomic E-state index is 9.85. The van der Waals surface area contributed by atoms with Crippen molar-refractivity contribution >= 4 is 0 Å². The molecular formula is C18H22O3. The Labute approximate surface area is 125 Å². The first-order valence-electron chi connectivity index (χ1n) is 7.46. The lowest BCUT2D eigenvalue weighted by Gasteiger charge is -2.15. The fraction of sp³-hybridized carbons (Fsp3) is 0.333. The molecular weight excluding hydrogens is 264 g/mol. The van der Waals surface area contributed by atoms with E-state index in [2.05, 4.69) is 19.9 Å². The van der Waals surface area contributed by atoms with E-state index in [-0.39, 0.29) is 17.2 Å². The van der Waals surface area contributed by atoms with Crippen LogP contribution in [0.1, 0.15) is 37.8 Å². The number of benzene rings is 2. The van der Waals surface area contributed by atoms with Crippen LogP contribution in [-0.2, 0) is 12.8 Å². The highest BCUT2D eigenvalue weighted by molar-refractivity contribution is 5.49. The topological polar surface area (TPSA) is 49.7 Å². The molecule has 0 bridgehead atoms. The Morgan fingerprint density at radius 2 is 1.67 bits per heavy atom. The molecule has 2 rings (SSSR count). The van der Waals surface area contributed by atoms with Gasteiger partial charge >= 0.3 is 0 Å². The molecule has 0 aliphatic carbocycles. The molecule has 0 heterocycles. The second-order valence-corrected chi connectivity index (χ2v) is 5.15. The molecule has 0 unspecified atom stereocenters. The molecule has 0 aliphatic rings. The smallest absolute Gasteiger partial charge is 0.172 e. The Bertz CT molecular complexity index is 605. The summed E-state index contributed by atoms with van der Waals surface area (Å²) < 4.78 is 5.85. The third kappa shape index (κ3) is 3.69. The first kappa shape index (κ1) is 15.2. The number of ether oxygens (including phenoxy) is 1. The van der Waals surface area contributed by atoms with Gasteiger partial charge in [-0.3, -0.25) is 0 Å². The Morgan fingerprint density at radius 3 is 2.38 bits per heavy atom. The Morgan fingerprint density at radius 1 is 0.905 bits per heavy atom. The van der Waals surface area contributed by atoms with Crippen LogP contribution in [0.4, 0.5) is 0 Å². The number of aryl methyl sites for hydroxylation is 1. The number of phenols is 2. The van der Waals surface area contributed by atoms with E-state index in [1.165, 1.54) is 29.3 Å². The van der Waals surface area contributed by atoms with Gasteiger partial charge < -0.3 is 14.9 Å². The van der Waals surface area contributed by atoms with Crippen LogP contribution in [0.25, 0.3) is 0 Å². The lowest BCUT2D eigenvalue weighted by Crippen LogP contribution is -1.98. The van der Waals surface area contributed by atoms with Gasteiger partial charge in [-0.25, -0.2) is 0 Å². The fourth-order valence-corrected chi connectivity index (χ4v) is 2.45. The normalized spacial score (nSPS) is 10.6. The third-order valence-corrected chi connectivity index (χ3v) is 3.41. The molecule has 2 aromatic carbocycles. The first-order chi connectivity index (χ1) is 10.2. The molecule has 3 nitrogen and oxygen atoms in total. The molecule has 0 aromatic heterocycles. The zero-order valence-corrected chi connectivity index (χ0v) is 12.6. The van der Waals surface area contributed by atoms with Crippen LogP contribution < -0.4 is 4.74 Å². The Kier molecular flexibility index (Phi) is 5.09. The molecule has 21 heavy (non-hydrogen) atoms. The van der Waals surface area contributed by atoms with Crippen LogP contribution in [0.3, 0.4) is 0 Å². The van der Waals surface area contributed by atoms with Crippen molar-refractivity contribution in [3.8, 4) is 23.0 Å². The van der Waals surface area contributed by atoms with Crippen molar-refractivity contribution in [1.82, 2.24) is 0 Å². The minimum Gasteiger partial charge on any atom is -0.508 e. The van der Waals surface area contributed by atoms with Crippen LogP contribution in [-0.4, -0.2) is 10.2 Å². The van der Waals surface area contributed by atoms with Gasteiger partial charge in [-0.05, 0) is 42.2 Å². The maximum Gasteiger partial charge on any atom is 0.172 e. The van der Waals surface area contributed by atoms with E-state index in [1.807, 2.05) is 12.1 Å². The van der Waals surface area contributed by atoms with Crippen molar-refractivity contribution in [3.05, 3.63) is 47.5 Å². The predicted octanol–water partition coefficient (Wildman–Crippen LogP) is 4.80. The monoisotopic (exact) mass is 286 g/mol. The van der Waals surface area contributed by atoms with Crippen molar-refractivity contribution in [1.29, 1.82) is 0 Å². The molecule has 0 spiro atoms. The third-order valence-electron chi connectivity index (χ3n) is 3.41. The van der Waals surface area contributed by atoms with Gasteiger partial charge in [0.1, 0.15) is 11.5 Å². The van der Waals surface area contributed by atoms with E-state index in [0.29, 0.717) is 0 Å². The molecule has 112 valence electrons. The number of aromatic hydroxyl groups is 2. The summed E-state index contributed by atoms with van der Waals surface area (Å²) in [6.45, 7) is 4.29. The number of rotatable bonds is 6. The van der Waals surface area contributed by atoms with Gasteiger partial charge in [0.05, 0.1) is 0 Å². The molecule has 0 aliphatic heterocycles. The minimum absolute atomic E-state index is 0.0242. The van der Waals surface area contributed by atoms with E-state index < -0.39 is 0 Å². The van der Waals surface area contributed by atoms with E-state index in [1.54, 1.807) is 0 Å². The second-order valence-electron chi connectivity index (χ2n) is 5.15. The van der Waals surface area contributed by atoms with E-state index in [4.69, 9.17) is 4.74 Å². The minimum atomic E-state index is 0.0242. The van der Waals surface area contributed by atoms with Gasteiger partial charge in [0.25, 0.3) is 0 Å². The average Bonchev–Trinajstić information content (AvgIpc) is 2.46.